The third-order valence-corrected chi connectivity index (χ3v) is 4.36. The monoisotopic (exact) mass is 347 g/mol. The van der Waals surface area contributed by atoms with E-state index in [0.29, 0.717) is 0 Å². The third kappa shape index (κ3) is 4.08. The lowest BCUT2D eigenvalue weighted by atomic mass is 10.0. The number of nitrogens with two attached hydrogens (primary N) is 1. The first kappa shape index (κ1) is 16.1. The molecule has 3 heteroatoms. The van der Waals surface area contributed by atoms with Crippen LogP contribution in [0.25, 0.3) is 0 Å². The predicted molar refractivity (Wildman–Crippen MR) is 91.6 cm³/mol. The molecule has 0 bridgehead atoms. The first-order valence-corrected chi connectivity index (χ1v) is 8.20. The van der Waals surface area contributed by atoms with Crippen molar-refractivity contribution in [1.82, 2.24) is 0 Å². The standard InChI is InChI=1S/C18H22BrNO/c1-3-13-8-7-9-14(12-13)21-18(17(20)4-2)15-10-5-6-11-16(15)19/h5-12,17-18H,3-4,20H2,1-2H3. The van der Waals surface area contributed by atoms with Crippen LogP contribution >= 0.6 is 15.9 Å². The second-order valence-corrected chi connectivity index (χ2v) is 5.99. The van der Waals surface area contributed by atoms with Gasteiger partial charge in [0.1, 0.15) is 11.9 Å². The summed E-state index contributed by atoms with van der Waals surface area (Å²) in [6, 6.07) is 16.3. The van der Waals surface area contributed by atoms with Crippen LogP contribution in [0.15, 0.2) is 53.0 Å². The first-order chi connectivity index (χ1) is 10.2. The Hall–Kier alpha value is -1.32. The minimum atomic E-state index is -0.155. The molecule has 2 aromatic carbocycles. The molecule has 0 aromatic heterocycles. The summed E-state index contributed by atoms with van der Waals surface area (Å²) < 4.78 is 7.25. The van der Waals surface area contributed by atoms with E-state index < -0.39 is 0 Å². The summed E-state index contributed by atoms with van der Waals surface area (Å²) in [4.78, 5) is 0. The number of halogens is 1. The maximum Gasteiger partial charge on any atom is 0.140 e. The van der Waals surface area contributed by atoms with Gasteiger partial charge in [0, 0.05) is 16.1 Å². The number of rotatable bonds is 6. The number of benzene rings is 2. The van der Waals surface area contributed by atoms with E-state index in [9.17, 15) is 0 Å². The Morgan fingerprint density at radius 2 is 1.86 bits per heavy atom. The smallest absolute Gasteiger partial charge is 0.140 e. The van der Waals surface area contributed by atoms with Crippen LogP contribution in [0.1, 0.15) is 37.5 Å². The molecule has 0 saturated heterocycles. The van der Waals surface area contributed by atoms with Gasteiger partial charge in [-0.3, -0.25) is 0 Å². The summed E-state index contributed by atoms with van der Waals surface area (Å²) in [5, 5.41) is 0. The Labute approximate surface area is 135 Å². The van der Waals surface area contributed by atoms with Gasteiger partial charge in [-0.25, -0.2) is 0 Å². The van der Waals surface area contributed by atoms with Gasteiger partial charge in [-0.05, 0) is 36.6 Å². The van der Waals surface area contributed by atoms with Crippen molar-refractivity contribution in [1.29, 1.82) is 0 Å². The minimum Gasteiger partial charge on any atom is -0.484 e. The molecule has 0 saturated carbocycles. The number of hydrogen-bond donors (Lipinski definition) is 1. The lowest BCUT2D eigenvalue weighted by molar-refractivity contribution is 0.170. The molecule has 2 rings (SSSR count). The Bertz CT molecular complexity index is 585. The molecule has 0 radical (unpaired) electrons. The lowest BCUT2D eigenvalue weighted by Gasteiger charge is -2.26. The van der Waals surface area contributed by atoms with Crippen molar-refractivity contribution in [3.63, 3.8) is 0 Å². The predicted octanol–water partition coefficient (Wildman–Crippen LogP) is 4.87. The molecule has 2 nitrogen and oxygen atoms in total. The highest BCUT2D eigenvalue weighted by Gasteiger charge is 2.22. The van der Waals surface area contributed by atoms with Crippen molar-refractivity contribution >= 4 is 15.9 Å². The molecule has 21 heavy (non-hydrogen) atoms. The Balaban J connectivity index is 2.31. The fourth-order valence-corrected chi connectivity index (χ4v) is 2.80. The molecule has 0 aliphatic rings. The van der Waals surface area contributed by atoms with Crippen LogP contribution in [-0.4, -0.2) is 6.04 Å². The number of ether oxygens (including phenoxy) is 1. The van der Waals surface area contributed by atoms with Crippen LogP contribution in [-0.2, 0) is 6.42 Å². The summed E-state index contributed by atoms with van der Waals surface area (Å²) in [6.07, 6.45) is 1.70. The Morgan fingerprint density at radius 3 is 2.52 bits per heavy atom. The molecule has 2 atom stereocenters. The van der Waals surface area contributed by atoms with E-state index in [-0.39, 0.29) is 12.1 Å². The second kappa shape index (κ2) is 7.62. The van der Waals surface area contributed by atoms with Gasteiger partial charge in [0.2, 0.25) is 0 Å². The molecule has 2 unspecified atom stereocenters. The van der Waals surface area contributed by atoms with Gasteiger partial charge >= 0.3 is 0 Å². The third-order valence-electron chi connectivity index (χ3n) is 3.64. The van der Waals surface area contributed by atoms with Crippen LogP contribution in [0, 0.1) is 0 Å². The van der Waals surface area contributed by atoms with Crippen molar-refractivity contribution < 1.29 is 4.74 Å². The average Bonchev–Trinajstić information content (AvgIpc) is 2.53. The van der Waals surface area contributed by atoms with Crippen LogP contribution < -0.4 is 10.5 Å². The highest BCUT2D eigenvalue weighted by molar-refractivity contribution is 9.10. The largest absolute Gasteiger partial charge is 0.484 e. The normalized spacial score (nSPS) is 13.7. The van der Waals surface area contributed by atoms with E-state index >= 15 is 0 Å². The van der Waals surface area contributed by atoms with Gasteiger partial charge in [-0.1, -0.05) is 60.1 Å². The highest BCUT2D eigenvalue weighted by Crippen LogP contribution is 2.30. The minimum absolute atomic E-state index is 0.0472. The van der Waals surface area contributed by atoms with Gasteiger partial charge in [-0.15, -0.1) is 0 Å². The molecular formula is C18H22BrNO. The van der Waals surface area contributed by atoms with E-state index in [4.69, 9.17) is 10.5 Å². The van der Waals surface area contributed by atoms with E-state index in [2.05, 4.69) is 48.0 Å². The van der Waals surface area contributed by atoms with E-state index in [1.807, 2.05) is 30.3 Å². The SMILES string of the molecule is CCc1cccc(OC(c2ccccc2Br)C(N)CC)c1. The average molecular weight is 348 g/mol. The quantitative estimate of drug-likeness (QED) is 0.808. The highest BCUT2D eigenvalue weighted by atomic mass is 79.9. The molecule has 2 aromatic rings. The summed E-state index contributed by atoms with van der Waals surface area (Å²) in [5.74, 6) is 0.874. The zero-order chi connectivity index (χ0) is 15.2. The van der Waals surface area contributed by atoms with Gasteiger partial charge < -0.3 is 10.5 Å². The zero-order valence-electron chi connectivity index (χ0n) is 12.6. The maximum atomic E-state index is 6.29. The summed E-state index contributed by atoms with van der Waals surface area (Å²) >= 11 is 3.60. The van der Waals surface area contributed by atoms with Gasteiger partial charge in [0.05, 0.1) is 0 Å². The van der Waals surface area contributed by atoms with Gasteiger partial charge in [0.15, 0.2) is 0 Å². The maximum absolute atomic E-state index is 6.29. The molecule has 0 aliphatic carbocycles. The fourth-order valence-electron chi connectivity index (χ4n) is 2.29. The van der Waals surface area contributed by atoms with Crippen molar-refractivity contribution in [2.24, 2.45) is 5.73 Å². The second-order valence-electron chi connectivity index (χ2n) is 5.13. The molecule has 112 valence electrons. The van der Waals surface area contributed by atoms with Crippen LogP contribution in [0.4, 0.5) is 0 Å². The lowest BCUT2D eigenvalue weighted by Crippen LogP contribution is -2.31. The Morgan fingerprint density at radius 1 is 1.10 bits per heavy atom. The number of hydrogen-bond acceptors (Lipinski definition) is 2. The summed E-state index contributed by atoms with van der Waals surface area (Å²) in [7, 11) is 0. The van der Waals surface area contributed by atoms with E-state index in [1.165, 1.54) is 5.56 Å². The summed E-state index contributed by atoms with van der Waals surface area (Å²) in [6.45, 7) is 4.22. The van der Waals surface area contributed by atoms with Crippen molar-refractivity contribution in [3.8, 4) is 5.75 Å². The van der Waals surface area contributed by atoms with Crippen LogP contribution in [0.2, 0.25) is 0 Å². The van der Waals surface area contributed by atoms with Crippen LogP contribution in [0.5, 0.6) is 5.75 Å². The van der Waals surface area contributed by atoms with Crippen LogP contribution in [0.3, 0.4) is 0 Å². The Kier molecular flexibility index (Phi) is 5.83. The summed E-state index contributed by atoms with van der Waals surface area (Å²) in [5.41, 5.74) is 8.65. The molecule has 0 aliphatic heterocycles. The van der Waals surface area contributed by atoms with Crippen molar-refractivity contribution in [2.75, 3.05) is 0 Å². The molecule has 0 fully saturated rings. The molecule has 0 heterocycles. The van der Waals surface area contributed by atoms with Gasteiger partial charge in [0.25, 0.3) is 0 Å². The molecule has 0 spiro atoms. The topological polar surface area (TPSA) is 35.2 Å². The zero-order valence-corrected chi connectivity index (χ0v) is 14.1. The van der Waals surface area contributed by atoms with Crippen molar-refractivity contribution in [3.05, 3.63) is 64.1 Å². The van der Waals surface area contributed by atoms with Crippen molar-refractivity contribution in [2.45, 2.75) is 38.8 Å². The molecular weight excluding hydrogens is 326 g/mol. The number of aryl methyl sites for hydroxylation is 1. The fraction of sp³-hybridized carbons (Fsp3) is 0.333. The van der Waals surface area contributed by atoms with Gasteiger partial charge in [-0.2, -0.15) is 0 Å². The first-order valence-electron chi connectivity index (χ1n) is 7.41. The van der Waals surface area contributed by atoms with E-state index in [1.54, 1.807) is 0 Å². The molecule has 2 N–H and O–H groups in total. The molecule has 0 amide bonds. The van der Waals surface area contributed by atoms with E-state index in [0.717, 1.165) is 28.6 Å².